The molecule has 0 bridgehead atoms. The van der Waals surface area contributed by atoms with Crippen molar-refractivity contribution in [3.63, 3.8) is 0 Å². The Balaban J connectivity index is 2.22. The first kappa shape index (κ1) is 13.0. The Kier molecular flexibility index (Phi) is 3.09. The Morgan fingerprint density at radius 3 is 2.65 bits per heavy atom. The van der Waals surface area contributed by atoms with Crippen molar-refractivity contribution in [3.05, 3.63) is 10.8 Å². The molecule has 8 heteroatoms. The predicted molar refractivity (Wildman–Crippen MR) is 64.9 cm³/mol. The lowest BCUT2D eigenvalue weighted by Crippen LogP contribution is -2.43. The lowest BCUT2D eigenvalue weighted by atomic mass is 10.2. The maximum Gasteiger partial charge on any atom is 0.274 e. The van der Waals surface area contributed by atoms with E-state index in [1.165, 1.54) is 10.8 Å². The highest BCUT2D eigenvalue weighted by Gasteiger charge is 2.47. The quantitative estimate of drug-likeness (QED) is 0.838. The number of halogens is 1. The lowest BCUT2D eigenvalue weighted by Gasteiger charge is -2.18. The van der Waals surface area contributed by atoms with Crippen molar-refractivity contribution in [1.82, 2.24) is 14.3 Å². The first-order chi connectivity index (χ1) is 7.76. The molecule has 0 radical (unpaired) electrons. The van der Waals surface area contributed by atoms with Gasteiger partial charge in [0.05, 0.1) is 11.8 Å². The molecule has 1 aliphatic carbocycles. The van der Waals surface area contributed by atoms with Crippen LogP contribution in [0.1, 0.15) is 19.8 Å². The van der Waals surface area contributed by atoms with Crippen LogP contribution in [0.3, 0.4) is 0 Å². The molecule has 1 saturated carbocycles. The molecule has 0 spiro atoms. The van der Waals surface area contributed by atoms with Crippen LogP contribution in [0.15, 0.2) is 16.0 Å². The van der Waals surface area contributed by atoms with Gasteiger partial charge >= 0.3 is 0 Å². The fourth-order valence-corrected chi connectivity index (χ4v) is 3.41. The highest BCUT2D eigenvalue weighted by Crippen LogP contribution is 2.38. The number of rotatable bonds is 4. The van der Waals surface area contributed by atoms with Crippen LogP contribution in [0.2, 0.25) is 0 Å². The summed E-state index contributed by atoms with van der Waals surface area (Å²) >= 11 is 3.19. The number of hydrogen-bond acceptors (Lipinski definition) is 4. The lowest BCUT2D eigenvalue weighted by molar-refractivity contribution is 0.119. The number of aromatic nitrogens is 2. The van der Waals surface area contributed by atoms with Crippen LogP contribution in [0.4, 0.5) is 0 Å². The minimum absolute atomic E-state index is 0.0690. The number of sulfonamides is 1. The normalized spacial score (nSPS) is 20.2. The molecule has 1 aliphatic rings. The van der Waals surface area contributed by atoms with Crippen LogP contribution in [0.25, 0.3) is 0 Å². The molecule has 0 amide bonds. The molecule has 0 aliphatic heterocycles. The zero-order valence-electron chi connectivity index (χ0n) is 9.51. The number of nitrogens with zero attached hydrogens (tertiary/aromatic N) is 2. The molecule has 1 aromatic rings. The third kappa shape index (κ3) is 2.40. The molecule has 1 fully saturated rings. The van der Waals surface area contributed by atoms with Crippen LogP contribution < -0.4 is 4.72 Å². The van der Waals surface area contributed by atoms with E-state index in [1.807, 2.05) is 0 Å². The predicted octanol–water partition coefficient (Wildman–Crippen LogP) is 0.374. The van der Waals surface area contributed by atoms with Crippen molar-refractivity contribution < 1.29 is 13.5 Å². The molecule has 0 unspecified atom stereocenters. The number of aliphatic hydroxyl groups is 1. The first-order valence-electron chi connectivity index (χ1n) is 5.18. The smallest absolute Gasteiger partial charge is 0.274 e. The van der Waals surface area contributed by atoms with Gasteiger partial charge in [-0.1, -0.05) is 0 Å². The molecule has 0 aromatic carbocycles. The van der Waals surface area contributed by atoms with Crippen molar-refractivity contribution in [2.75, 3.05) is 0 Å². The summed E-state index contributed by atoms with van der Waals surface area (Å²) in [5.74, 6) is 0. The second kappa shape index (κ2) is 4.04. The molecule has 1 atom stereocenters. The van der Waals surface area contributed by atoms with E-state index in [4.69, 9.17) is 0 Å². The molecule has 2 N–H and O–H groups in total. The summed E-state index contributed by atoms with van der Waals surface area (Å²) in [6, 6.07) is -0.511. The van der Waals surface area contributed by atoms with Gasteiger partial charge in [-0.3, -0.25) is 0 Å². The highest BCUT2D eigenvalue weighted by molar-refractivity contribution is 9.10. The molecule has 1 aromatic heterocycles. The minimum atomic E-state index is -3.70. The Hall–Kier alpha value is -0.440. The van der Waals surface area contributed by atoms with E-state index in [9.17, 15) is 13.5 Å². The van der Waals surface area contributed by atoms with Crippen LogP contribution in [0.5, 0.6) is 0 Å². The van der Waals surface area contributed by atoms with Crippen molar-refractivity contribution in [2.24, 2.45) is 7.05 Å². The third-order valence-electron chi connectivity index (χ3n) is 3.03. The Bertz CT molecular complexity index is 536. The van der Waals surface area contributed by atoms with E-state index < -0.39 is 21.7 Å². The summed E-state index contributed by atoms with van der Waals surface area (Å²) < 4.78 is 28.5. The second-order valence-electron chi connectivity index (χ2n) is 4.37. The maximum absolute atomic E-state index is 12.0. The highest BCUT2D eigenvalue weighted by atomic mass is 79.9. The zero-order valence-corrected chi connectivity index (χ0v) is 11.9. The van der Waals surface area contributed by atoms with E-state index in [1.54, 1.807) is 14.0 Å². The Morgan fingerprint density at radius 1 is 1.65 bits per heavy atom. The summed E-state index contributed by atoms with van der Waals surface area (Å²) in [7, 11) is -2.10. The van der Waals surface area contributed by atoms with Crippen molar-refractivity contribution in [3.8, 4) is 0 Å². The first-order valence-corrected chi connectivity index (χ1v) is 7.46. The number of imidazole rings is 1. The zero-order chi connectivity index (χ0) is 12.8. The summed E-state index contributed by atoms with van der Waals surface area (Å²) in [4.78, 5) is 3.83. The topological polar surface area (TPSA) is 84.2 Å². The van der Waals surface area contributed by atoms with Crippen LogP contribution in [-0.2, 0) is 17.1 Å². The van der Waals surface area contributed by atoms with Crippen LogP contribution in [-0.4, -0.2) is 34.7 Å². The van der Waals surface area contributed by atoms with E-state index in [-0.39, 0.29) is 5.16 Å². The van der Waals surface area contributed by atoms with E-state index >= 15 is 0 Å². The average molecular weight is 324 g/mol. The van der Waals surface area contributed by atoms with Crippen LogP contribution >= 0.6 is 15.9 Å². The van der Waals surface area contributed by atoms with Gasteiger partial charge < -0.3 is 9.67 Å². The van der Waals surface area contributed by atoms with Gasteiger partial charge in [-0.2, -0.15) is 0 Å². The summed E-state index contributed by atoms with van der Waals surface area (Å²) in [6.45, 7) is 1.66. The SMILES string of the molecule is C[C@H](NS(=O)(=O)c1ncc(Br)n1C)C1(O)CC1. The van der Waals surface area contributed by atoms with Gasteiger partial charge in [-0.15, -0.1) is 0 Å². The molecule has 1 heterocycles. The molecular formula is C9H14BrN3O3S. The van der Waals surface area contributed by atoms with Gasteiger partial charge in [0.2, 0.25) is 5.16 Å². The molecule has 2 rings (SSSR count). The number of nitrogens with one attached hydrogen (secondary N) is 1. The molecule has 6 nitrogen and oxygen atoms in total. The van der Waals surface area contributed by atoms with Crippen LogP contribution in [0, 0.1) is 0 Å². The summed E-state index contributed by atoms with van der Waals surface area (Å²) in [5, 5.41) is 9.75. The summed E-state index contributed by atoms with van der Waals surface area (Å²) in [6.07, 6.45) is 2.67. The van der Waals surface area contributed by atoms with Gasteiger partial charge in [-0.05, 0) is 35.7 Å². The monoisotopic (exact) mass is 323 g/mol. The fraction of sp³-hybridized carbons (Fsp3) is 0.667. The average Bonchev–Trinajstić information content (AvgIpc) is 2.88. The largest absolute Gasteiger partial charge is 0.388 e. The summed E-state index contributed by atoms with van der Waals surface area (Å²) in [5.41, 5.74) is -0.893. The van der Waals surface area contributed by atoms with Gasteiger partial charge in [0.1, 0.15) is 4.60 Å². The van der Waals surface area contributed by atoms with E-state index in [0.717, 1.165) is 0 Å². The van der Waals surface area contributed by atoms with E-state index in [2.05, 4.69) is 25.6 Å². The fourth-order valence-electron chi connectivity index (χ4n) is 1.58. The van der Waals surface area contributed by atoms with Gasteiger partial charge in [-0.25, -0.2) is 18.1 Å². The minimum Gasteiger partial charge on any atom is -0.388 e. The molecule has 0 saturated heterocycles. The van der Waals surface area contributed by atoms with E-state index in [0.29, 0.717) is 17.4 Å². The molecular weight excluding hydrogens is 310 g/mol. The van der Waals surface area contributed by atoms with Gasteiger partial charge in [0, 0.05) is 13.1 Å². The Morgan fingerprint density at radius 2 is 2.24 bits per heavy atom. The third-order valence-corrected chi connectivity index (χ3v) is 5.29. The standard InChI is InChI=1S/C9H14BrN3O3S/c1-6(9(14)3-4-9)12-17(15,16)8-11-5-7(10)13(8)2/h5-6,12,14H,3-4H2,1-2H3/t6-/m0/s1. The molecule has 96 valence electrons. The van der Waals surface area contributed by atoms with Gasteiger partial charge in [0.15, 0.2) is 0 Å². The second-order valence-corrected chi connectivity index (χ2v) is 6.79. The van der Waals surface area contributed by atoms with Crippen molar-refractivity contribution >= 4 is 26.0 Å². The van der Waals surface area contributed by atoms with Gasteiger partial charge in [0.25, 0.3) is 10.0 Å². The number of hydrogen-bond donors (Lipinski definition) is 2. The van der Waals surface area contributed by atoms with Crippen molar-refractivity contribution in [1.29, 1.82) is 0 Å². The Labute approximate surface area is 108 Å². The molecule has 17 heavy (non-hydrogen) atoms. The maximum atomic E-state index is 12.0. The van der Waals surface area contributed by atoms with Crippen molar-refractivity contribution in [2.45, 2.75) is 36.6 Å².